The lowest BCUT2D eigenvalue weighted by Gasteiger charge is -2.56. The summed E-state index contributed by atoms with van der Waals surface area (Å²) in [5.41, 5.74) is 0.241. The molecule has 0 aromatic heterocycles. The summed E-state index contributed by atoms with van der Waals surface area (Å²) in [4.78, 5) is 24.4. The Labute approximate surface area is 161 Å². The number of halogens is 2. The number of benzene rings is 1. The molecule has 5 rings (SSSR count). The third kappa shape index (κ3) is 4.28. The Morgan fingerprint density at radius 2 is 1.63 bits per heavy atom. The van der Waals surface area contributed by atoms with Crippen molar-refractivity contribution in [1.82, 2.24) is 5.32 Å². The van der Waals surface area contributed by atoms with Crippen LogP contribution in [0.25, 0.3) is 0 Å². The van der Waals surface area contributed by atoms with Gasteiger partial charge in [-0.05, 0) is 80.5 Å². The first-order valence-corrected chi connectivity index (χ1v) is 10.4. The van der Waals surface area contributed by atoms with E-state index >= 15 is 0 Å². The number of carbonyl (C=O) groups is 2. The second-order valence-corrected chi connectivity index (χ2v) is 9.61. The minimum Gasteiger partial charge on any atom is -0.435 e. The topological polar surface area (TPSA) is 55.4 Å². The quantitative estimate of drug-likeness (QED) is 0.783. The minimum absolute atomic E-state index is 0.0229. The van der Waals surface area contributed by atoms with Crippen LogP contribution in [0.5, 0.6) is 5.75 Å². The van der Waals surface area contributed by atoms with E-state index in [1.165, 1.54) is 62.8 Å². The lowest BCUT2D eigenvalue weighted by molar-refractivity contribution is -0.117. The number of thioether (sulfide) groups is 1. The van der Waals surface area contributed by atoms with Crippen LogP contribution in [0, 0.1) is 17.8 Å². The second kappa shape index (κ2) is 7.41. The highest BCUT2D eigenvalue weighted by Crippen LogP contribution is 2.60. The van der Waals surface area contributed by atoms with Crippen LogP contribution in [0.1, 0.15) is 48.9 Å². The van der Waals surface area contributed by atoms with E-state index in [-0.39, 0.29) is 27.7 Å². The third-order valence-electron chi connectivity index (χ3n) is 6.09. The highest BCUT2D eigenvalue weighted by Gasteiger charge is 2.51. The van der Waals surface area contributed by atoms with Gasteiger partial charge in [0.1, 0.15) is 5.75 Å². The third-order valence-corrected chi connectivity index (χ3v) is 7.61. The fraction of sp³-hybridized carbons (Fsp3) is 0.600. The normalized spacial score (nSPS) is 31.1. The molecule has 146 valence electrons. The standard InChI is InChI=1S/C20H23F2NO3S/c21-19(22)26-16-3-1-15(2-4-16)18(25)23-17(24)11-27-20-8-12-5-13(9-20)7-14(6-12)10-20/h1-4,12-14,19H,5-11H2,(H,23,24,25). The van der Waals surface area contributed by atoms with E-state index in [1.807, 2.05) is 0 Å². The highest BCUT2D eigenvalue weighted by molar-refractivity contribution is 8.01. The van der Waals surface area contributed by atoms with E-state index in [9.17, 15) is 18.4 Å². The van der Waals surface area contributed by atoms with Crippen LogP contribution in [0.4, 0.5) is 8.78 Å². The number of ether oxygens (including phenoxy) is 1. The second-order valence-electron chi connectivity index (χ2n) is 8.17. The Bertz CT molecular complexity index is 687. The van der Waals surface area contributed by atoms with Gasteiger partial charge in [0.15, 0.2) is 0 Å². The van der Waals surface area contributed by atoms with Gasteiger partial charge in [0.2, 0.25) is 5.91 Å². The number of nitrogens with one attached hydrogen (secondary N) is 1. The van der Waals surface area contributed by atoms with Crippen LogP contribution in [0.15, 0.2) is 24.3 Å². The van der Waals surface area contributed by atoms with Crippen molar-refractivity contribution in [2.24, 2.45) is 17.8 Å². The maximum absolute atomic E-state index is 12.3. The highest BCUT2D eigenvalue weighted by atomic mass is 32.2. The summed E-state index contributed by atoms with van der Waals surface area (Å²) in [6.07, 6.45) is 7.69. The fourth-order valence-corrected chi connectivity index (χ4v) is 7.02. The maximum atomic E-state index is 12.3. The molecule has 0 atom stereocenters. The maximum Gasteiger partial charge on any atom is 0.387 e. The predicted octanol–water partition coefficient (Wildman–Crippen LogP) is 4.25. The van der Waals surface area contributed by atoms with E-state index in [0.29, 0.717) is 0 Å². The summed E-state index contributed by atoms with van der Waals surface area (Å²) in [5, 5.41) is 2.40. The lowest BCUT2D eigenvalue weighted by Crippen LogP contribution is -2.49. The summed E-state index contributed by atoms with van der Waals surface area (Å²) in [5.74, 6) is 1.91. The van der Waals surface area contributed by atoms with Gasteiger partial charge in [0, 0.05) is 10.3 Å². The first-order valence-electron chi connectivity index (χ1n) is 9.44. The van der Waals surface area contributed by atoms with Gasteiger partial charge in [-0.15, -0.1) is 11.8 Å². The first-order chi connectivity index (χ1) is 12.9. The van der Waals surface area contributed by atoms with E-state index in [2.05, 4.69) is 10.1 Å². The van der Waals surface area contributed by atoms with Crippen molar-refractivity contribution in [1.29, 1.82) is 0 Å². The molecule has 7 heteroatoms. The van der Waals surface area contributed by atoms with Crippen LogP contribution < -0.4 is 10.1 Å². The van der Waals surface area contributed by atoms with Crippen LogP contribution in [-0.2, 0) is 4.79 Å². The van der Waals surface area contributed by atoms with E-state index in [0.717, 1.165) is 17.8 Å². The summed E-state index contributed by atoms with van der Waals surface area (Å²) in [7, 11) is 0. The van der Waals surface area contributed by atoms with Gasteiger partial charge in [-0.3, -0.25) is 14.9 Å². The van der Waals surface area contributed by atoms with Gasteiger partial charge in [-0.1, -0.05) is 0 Å². The number of rotatable bonds is 6. The molecule has 4 aliphatic carbocycles. The SMILES string of the molecule is O=C(CSC12CC3CC(CC(C3)C1)C2)NC(=O)c1ccc(OC(F)F)cc1. The van der Waals surface area contributed by atoms with Gasteiger partial charge in [-0.2, -0.15) is 8.78 Å². The molecule has 0 spiro atoms. The number of hydrogen-bond acceptors (Lipinski definition) is 4. The van der Waals surface area contributed by atoms with Crippen molar-refractivity contribution in [2.45, 2.75) is 49.9 Å². The number of amides is 2. The molecule has 1 aromatic carbocycles. The van der Waals surface area contributed by atoms with Gasteiger partial charge in [0.25, 0.3) is 5.91 Å². The Kier molecular flexibility index (Phi) is 5.14. The number of imide groups is 1. The molecule has 2 amide bonds. The van der Waals surface area contributed by atoms with Crippen molar-refractivity contribution < 1.29 is 23.1 Å². The summed E-state index contributed by atoms with van der Waals surface area (Å²) in [6.45, 7) is -2.91. The number of alkyl halides is 2. The fourth-order valence-electron chi connectivity index (χ4n) is 5.45. The van der Waals surface area contributed by atoms with Crippen LogP contribution in [0.3, 0.4) is 0 Å². The van der Waals surface area contributed by atoms with Gasteiger partial charge >= 0.3 is 6.61 Å². The van der Waals surface area contributed by atoms with Crippen LogP contribution in [-0.4, -0.2) is 28.9 Å². The van der Waals surface area contributed by atoms with E-state index < -0.39 is 12.5 Å². The van der Waals surface area contributed by atoms with E-state index in [4.69, 9.17) is 0 Å². The molecule has 0 radical (unpaired) electrons. The Morgan fingerprint density at radius 1 is 1.07 bits per heavy atom. The Morgan fingerprint density at radius 3 is 2.15 bits per heavy atom. The molecule has 1 N–H and O–H groups in total. The van der Waals surface area contributed by atoms with Crippen molar-refractivity contribution in [3.63, 3.8) is 0 Å². The van der Waals surface area contributed by atoms with E-state index in [1.54, 1.807) is 11.8 Å². The first kappa shape index (κ1) is 18.7. The molecule has 0 saturated heterocycles. The molecular weight excluding hydrogens is 372 g/mol. The molecule has 4 saturated carbocycles. The molecule has 1 aromatic rings. The number of hydrogen-bond donors (Lipinski definition) is 1. The zero-order valence-electron chi connectivity index (χ0n) is 15.0. The van der Waals surface area contributed by atoms with Crippen molar-refractivity contribution in [3.05, 3.63) is 29.8 Å². The Hall–Kier alpha value is -1.63. The lowest BCUT2D eigenvalue weighted by atomic mass is 9.56. The largest absolute Gasteiger partial charge is 0.435 e. The average molecular weight is 395 g/mol. The van der Waals surface area contributed by atoms with Gasteiger partial charge in [0.05, 0.1) is 5.75 Å². The summed E-state index contributed by atoms with van der Waals surface area (Å²) in [6, 6.07) is 5.31. The van der Waals surface area contributed by atoms with Gasteiger partial charge < -0.3 is 4.74 Å². The minimum atomic E-state index is -2.91. The monoisotopic (exact) mass is 395 g/mol. The van der Waals surface area contributed by atoms with Crippen molar-refractivity contribution >= 4 is 23.6 Å². The molecule has 4 nitrogen and oxygen atoms in total. The zero-order valence-corrected chi connectivity index (χ0v) is 15.8. The molecule has 4 fully saturated rings. The van der Waals surface area contributed by atoms with Crippen molar-refractivity contribution in [2.75, 3.05) is 5.75 Å². The molecule has 4 aliphatic rings. The number of carbonyl (C=O) groups excluding carboxylic acids is 2. The van der Waals surface area contributed by atoms with Crippen molar-refractivity contribution in [3.8, 4) is 5.75 Å². The molecular formula is C20H23F2NO3S. The zero-order chi connectivity index (χ0) is 19.0. The summed E-state index contributed by atoms with van der Waals surface area (Å²) < 4.78 is 28.8. The molecule has 27 heavy (non-hydrogen) atoms. The molecule has 0 heterocycles. The van der Waals surface area contributed by atoms with Gasteiger partial charge in [-0.25, -0.2) is 0 Å². The molecule has 0 unspecified atom stereocenters. The average Bonchev–Trinajstić information content (AvgIpc) is 2.59. The Balaban J connectivity index is 1.28. The summed E-state index contributed by atoms with van der Waals surface area (Å²) >= 11 is 1.72. The molecule has 4 bridgehead atoms. The predicted molar refractivity (Wildman–Crippen MR) is 98.9 cm³/mol. The smallest absolute Gasteiger partial charge is 0.387 e. The van der Waals surface area contributed by atoms with Crippen LogP contribution >= 0.6 is 11.8 Å². The van der Waals surface area contributed by atoms with Crippen LogP contribution in [0.2, 0.25) is 0 Å². The molecule has 0 aliphatic heterocycles.